The second-order valence-electron chi connectivity index (χ2n) is 4.06. The number of benzene rings is 1. The Balaban J connectivity index is 2.38. The molecule has 1 aromatic rings. The predicted octanol–water partition coefficient (Wildman–Crippen LogP) is 3.18. The van der Waals surface area contributed by atoms with Crippen molar-refractivity contribution in [1.82, 2.24) is 4.90 Å². The average Bonchev–Trinajstić information content (AvgIpc) is 2.27. The number of alkyl halides is 1. The van der Waals surface area contributed by atoms with Crippen LogP contribution in [0.25, 0.3) is 0 Å². The largest absolute Gasteiger partial charge is 0.303 e. The van der Waals surface area contributed by atoms with Crippen LogP contribution in [0.5, 0.6) is 0 Å². The maximum absolute atomic E-state index is 5.68. The summed E-state index contributed by atoms with van der Waals surface area (Å²) in [7, 11) is 2.17. The molecule has 1 aromatic carbocycles. The minimum atomic E-state index is 0.579. The van der Waals surface area contributed by atoms with Gasteiger partial charge in [-0.25, -0.2) is 0 Å². The van der Waals surface area contributed by atoms with Crippen molar-refractivity contribution in [2.75, 3.05) is 19.5 Å². The third-order valence-corrected chi connectivity index (χ3v) is 3.04. The van der Waals surface area contributed by atoms with Gasteiger partial charge in [0.05, 0.1) is 0 Å². The van der Waals surface area contributed by atoms with Crippen molar-refractivity contribution in [1.29, 1.82) is 0 Å². The smallest absolute Gasteiger partial charge is 0.0235 e. The first-order chi connectivity index (χ1) is 7.24. The van der Waals surface area contributed by atoms with Gasteiger partial charge in [-0.15, -0.1) is 11.6 Å². The lowest BCUT2D eigenvalue weighted by atomic mass is 10.1. The van der Waals surface area contributed by atoms with Crippen LogP contribution in [-0.2, 0) is 6.42 Å². The van der Waals surface area contributed by atoms with Gasteiger partial charge < -0.3 is 4.90 Å². The molecule has 0 N–H and O–H groups in total. The van der Waals surface area contributed by atoms with Crippen molar-refractivity contribution < 1.29 is 0 Å². The number of rotatable bonds is 6. The van der Waals surface area contributed by atoms with E-state index in [0.29, 0.717) is 6.04 Å². The van der Waals surface area contributed by atoms with Crippen LogP contribution >= 0.6 is 11.6 Å². The third kappa shape index (κ3) is 4.67. The van der Waals surface area contributed by atoms with E-state index in [2.05, 4.69) is 49.2 Å². The molecule has 1 atom stereocenters. The lowest BCUT2D eigenvalue weighted by Gasteiger charge is -2.24. The number of likely N-dealkylation sites (N-methyl/N-ethyl adjacent to an activating group) is 1. The first-order valence-corrected chi connectivity index (χ1v) is 6.07. The fourth-order valence-electron chi connectivity index (χ4n) is 1.64. The molecule has 15 heavy (non-hydrogen) atoms. The van der Waals surface area contributed by atoms with E-state index in [-0.39, 0.29) is 0 Å². The number of hydrogen-bond acceptors (Lipinski definition) is 1. The summed E-state index contributed by atoms with van der Waals surface area (Å²) < 4.78 is 0. The van der Waals surface area contributed by atoms with Gasteiger partial charge in [-0.2, -0.15) is 0 Å². The Morgan fingerprint density at radius 3 is 2.53 bits per heavy atom. The zero-order valence-electron chi connectivity index (χ0n) is 9.62. The first-order valence-electron chi connectivity index (χ1n) is 5.54. The van der Waals surface area contributed by atoms with Crippen LogP contribution in [0.1, 0.15) is 18.9 Å². The molecule has 1 rings (SSSR count). The topological polar surface area (TPSA) is 3.24 Å². The number of nitrogens with zero attached hydrogens (tertiary/aromatic N) is 1. The van der Waals surface area contributed by atoms with Crippen LogP contribution in [-0.4, -0.2) is 30.4 Å². The summed E-state index contributed by atoms with van der Waals surface area (Å²) in [6.45, 7) is 3.35. The van der Waals surface area contributed by atoms with Gasteiger partial charge in [0.1, 0.15) is 0 Å². The lowest BCUT2D eigenvalue weighted by molar-refractivity contribution is 0.257. The minimum Gasteiger partial charge on any atom is -0.303 e. The van der Waals surface area contributed by atoms with Gasteiger partial charge in [0.2, 0.25) is 0 Å². The van der Waals surface area contributed by atoms with E-state index in [4.69, 9.17) is 11.6 Å². The molecule has 1 unspecified atom stereocenters. The molecule has 0 spiro atoms. The molecule has 0 aliphatic rings. The van der Waals surface area contributed by atoms with E-state index >= 15 is 0 Å². The highest BCUT2D eigenvalue weighted by atomic mass is 35.5. The second-order valence-corrected chi connectivity index (χ2v) is 4.44. The number of halogens is 1. The molecule has 0 aliphatic heterocycles. The van der Waals surface area contributed by atoms with Crippen LogP contribution in [0.3, 0.4) is 0 Å². The van der Waals surface area contributed by atoms with Gasteiger partial charge in [0.25, 0.3) is 0 Å². The Morgan fingerprint density at radius 1 is 1.27 bits per heavy atom. The Kier molecular flexibility index (Phi) is 5.74. The van der Waals surface area contributed by atoms with Gasteiger partial charge in [-0.3, -0.25) is 0 Å². The zero-order chi connectivity index (χ0) is 11.1. The highest BCUT2D eigenvalue weighted by molar-refractivity contribution is 6.17. The highest BCUT2D eigenvalue weighted by Gasteiger charge is 2.08. The predicted molar refractivity (Wildman–Crippen MR) is 67.6 cm³/mol. The summed E-state index contributed by atoms with van der Waals surface area (Å²) in [4.78, 5) is 2.37. The molecule has 2 heteroatoms. The standard InChI is InChI=1S/C13H20ClN/c1-12(15(2)10-6-9-14)11-13-7-4-3-5-8-13/h3-5,7-8,12H,6,9-11H2,1-2H3. The van der Waals surface area contributed by atoms with E-state index in [9.17, 15) is 0 Å². The van der Waals surface area contributed by atoms with E-state index in [0.717, 1.165) is 25.3 Å². The Labute approximate surface area is 98.0 Å². The Hall–Kier alpha value is -0.530. The Morgan fingerprint density at radius 2 is 1.93 bits per heavy atom. The molecule has 84 valence electrons. The summed E-state index contributed by atoms with van der Waals surface area (Å²) in [6.07, 6.45) is 2.18. The summed E-state index contributed by atoms with van der Waals surface area (Å²) in [5, 5.41) is 0. The van der Waals surface area contributed by atoms with Crippen LogP contribution in [0.15, 0.2) is 30.3 Å². The van der Waals surface area contributed by atoms with Crippen molar-refractivity contribution in [3.8, 4) is 0 Å². The van der Waals surface area contributed by atoms with Gasteiger partial charge in [0.15, 0.2) is 0 Å². The summed E-state index contributed by atoms with van der Waals surface area (Å²) in [6, 6.07) is 11.2. The molecule has 0 saturated heterocycles. The van der Waals surface area contributed by atoms with Crippen molar-refractivity contribution in [3.05, 3.63) is 35.9 Å². The van der Waals surface area contributed by atoms with Crippen molar-refractivity contribution in [3.63, 3.8) is 0 Å². The third-order valence-electron chi connectivity index (χ3n) is 2.77. The number of hydrogen-bond donors (Lipinski definition) is 0. The Bertz CT molecular complexity index is 260. The van der Waals surface area contributed by atoms with E-state index in [1.807, 2.05) is 0 Å². The molecule has 0 aliphatic carbocycles. The monoisotopic (exact) mass is 225 g/mol. The van der Waals surface area contributed by atoms with Gasteiger partial charge in [-0.05, 0) is 38.9 Å². The quantitative estimate of drug-likeness (QED) is 0.673. The highest BCUT2D eigenvalue weighted by Crippen LogP contribution is 2.07. The maximum atomic E-state index is 5.68. The normalized spacial score (nSPS) is 13.1. The van der Waals surface area contributed by atoms with Gasteiger partial charge >= 0.3 is 0 Å². The molecule has 0 heterocycles. The molecular formula is C13H20ClN. The van der Waals surface area contributed by atoms with Crippen LogP contribution in [0.2, 0.25) is 0 Å². The fraction of sp³-hybridized carbons (Fsp3) is 0.538. The summed E-state index contributed by atoms with van der Waals surface area (Å²) in [5.41, 5.74) is 1.41. The van der Waals surface area contributed by atoms with Crippen LogP contribution in [0, 0.1) is 0 Å². The van der Waals surface area contributed by atoms with Crippen molar-refractivity contribution in [2.24, 2.45) is 0 Å². The molecular weight excluding hydrogens is 206 g/mol. The first kappa shape index (κ1) is 12.5. The SMILES string of the molecule is CC(Cc1ccccc1)N(C)CCCCl. The van der Waals surface area contributed by atoms with Crippen molar-refractivity contribution in [2.45, 2.75) is 25.8 Å². The summed E-state index contributed by atoms with van der Waals surface area (Å²) in [5.74, 6) is 0.752. The van der Waals surface area contributed by atoms with Crippen molar-refractivity contribution >= 4 is 11.6 Å². The molecule has 0 radical (unpaired) electrons. The van der Waals surface area contributed by atoms with Gasteiger partial charge in [-0.1, -0.05) is 30.3 Å². The molecule has 0 saturated carbocycles. The van der Waals surface area contributed by atoms with E-state index in [1.165, 1.54) is 5.56 Å². The van der Waals surface area contributed by atoms with Crippen LogP contribution < -0.4 is 0 Å². The summed E-state index contributed by atoms with van der Waals surface area (Å²) >= 11 is 5.68. The molecule has 1 nitrogen and oxygen atoms in total. The van der Waals surface area contributed by atoms with E-state index < -0.39 is 0 Å². The molecule has 0 aromatic heterocycles. The average molecular weight is 226 g/mol. The van der Waals surface area contributed by atoms with E-state index in [1.54, 1.807) is 0 Å². The minimum absolute atomic E-state index is 0.579. The molecule has 0 bridgehead atoms. The second kappa shape index (κ2) is 6.86. The van der Waals surface area contributed by atoms with Gasteiger partial charge in [0, 0.05) is 11.9 Å². The zero-order valence-corrected chi connectivity index (χ0v) is 10.4. The molecule has 0 amide bonds. The molecule has 0 fully saturated rings. The fourth-order valence-corrected chi connectivity index (χ4v) is 1.76. The lowest BCUT2D eigenvalue weighted by Crippen LogP contribution is -2.31. The maximum Gasteiger partial charge on any atom is 0.0235 e. The van der Waals surface area contributed by atoms with Crippen LogP contribution in [0.4, 0.5) is 0 Å².